The summed E-state index contributed by atoms with van der Waals surface area (Å²) in [6.45, 7) is 2.04. The van der Waals surface area contributed by atoms with Gasteiger partial charge in [-0.05, 0) is 25.7 Å². The molecule has 0 amide bonds. The maximum atomic E-state index is 5.85. The van der Waals surface area contributed by atoms with Crippen molar-refractivity contribution in [3.8, 4) is 0 Å². The van der Waals surface area contributed by atoms with E-state index in [-0.39, 0.29) is 0 Å². The topological polar surface area (TPSA) is 53.4 Å². The van der Waals surface area contributed by atoms with Gasteiger partial charge in [0.15, 0.2) is 0 Å². The van der Waals surface area contributed by atoms with Crippen LogP contribution >= 0.6 is 11.6 Å². The molecule has 6 heteroatoms. The summed E-state index contributed by atoms with van der Waals surface area (Å²) < 4.78 is 0. The fourth-order valence-corrected chi connectivity index (χ4v) is 3.25. The molecule has 108 valence electrons. The van der Waals surface area contributed by atoms with Gasteiger partial charge in [0.05, 0.1) is 18.9 Å². The van der Waals surface area contributed by atoms with E-state index in [1.807, 2.05) is 0 Å². The van der Waals surface area contributed by atoms with Crippen LogP contribution in [0.15, 0.2) is 17.4 Å². The molecular weight excluding hydrogens is 274 g/mol. The van der Waals surface area contributed by atoms with Gasteiger partial charge in [-0.3, -0.25) is 9.98 Å². The molecule has 20 heavy (non-hydrogen) atoms. The Morgan fingerprint density at radius 2 is 2.05 bits per heavy atom. The third-order valence-electron chi connectivity index (χ3n) is 4.15. The third-order valence-corrected chi connectivity index (χ3v) is 4.33. The average molecular weight is 294 g/mol. The second-order valence-corrected chi connectivity index (χ2v) is 5.97. The normalized spacial score (nSPS) is 26.5. The molecule has 1 aliphatic carbocycles. The van der Waals surface area contributed by atoms with E-state index in [4.69, 9.17) is 11.6 Å². The first-order valence-electron chi connectivity index (χ1n) is 7.22. The van der Waals surface area contributed by atoms with Crippen LogP contribution in [0.4, 0.5) is 5.82 Å². The number of rotatable bonds is 3. The Morgan fingerprint density at radius 3 is 2.70 bits per heavy atom. The number of amidine groups is 1. The van der Waals surface area contributed by atoms with E-state index in [1.54, 1.807) is 12.4 Å². The standard InChI is InChI=1S/C14H20ClN5/c1-20-7-6-17-14(20)10-2-4-11(5-3-10)18-13-9-16-8-12(15)19-13/h8-11H,2-7H2,1H3,(H,18,19). The van der Waals surface area contributed by atoms with Crippen molar-refractivity contribution < 1.29 is 0 Å². The molecule has 1 aliphatic heterocycles. The van der Waals surface area contributed by atoms with E-state index in [0.717, 1.165) is 31.7 Å². The lowest BCUT2D eigenvalue weighted by molar-refractivity contribution is 0.382. The summed E-state index contributed by atoms with van der Waals surface area (Å²) in [6.07, 6.45) is 7.95. The van der Waals surface area contributed by atoms with Crippen molar-refractivity contribution in [1.82, 2.24) is 14.9 Å². The first kappa shape index (κ1) is 13.6. The highest BCUT2D eigenvalue weighted by Gasteiger charge is 2.28. The summed E-state index contributed by atoms with van der Waals surface area (Å²) in [5.41, 5.74) is 0. The number of hydrogen-bond acceptors (Lipinski definition) is 5. The van der Waals surface area contributed by atoms with E-state index in [9.17, 15) is 0 Å². The Labute approximate surface area is 124 Å². The van der Waals surface area contributed by atoms with E-state index >= 15 is 0 Å². The van der Waals surface area contributed by atoms with Crippen molar-refractivity contribution in [2.45, 2.75) is 31.7 Å². The van der Waals surface area contributed by atoms with E-state index < -0.39 is 0 Å². The zero-order valence-corrected chi connectivity index (χ0v) is 12.5. The number of anilines is 1. The summed E-state index contributed by atoms with van der Waals surface area (Å²) in [7, 11) is 2.15. The molecular formula is C14H20ClN5. The van der Waals surface area contributed by atoms with Crippen molar-refractivity contribution >= 4 is 23.3 Å². The SMILES string of the molecule is CN1CCN=C1C1CCC(Nc2cncc(Cl)n2)CC1. The lowest BCUT2D eigenvalue weighted by Gasteiger charge is -2.31. The highest BCUT2D eigenvalue weighted by atomic mass is 35.5. The molecule has 1 N–H and O–H groups in total. The molecule has 1 saturated carbocycles. The van der Waals surface area contributed by atoms with Gasteiger partial charge < -0.3 is 10.2 Å². The molecule has 5 nitrogen and oxygen atoms in total. The molecule has 0 atom stereocenters. The van der Waals surface area contributed by atoms with Gasteiger partial charge in [0.2, 0.25) is 0 Å². The van der Waals surface area contributed by atoms with Crippen molar-refractivity contribution in [3.05, 3.63) is 17.5 Å². The molecule has 0 unspecified atom stereocenters. The number of likely N-dealkylation sites (N-methyl/N-ethyl adjacent to an activating group) is 1. The van der Waals surface area contributed by atoms with Crippen LogP contribution in [0.25, 0.3) is 0 Å². The van der Waals surface area contributed by atoms with Gasteiger partial charge in [0.1, 0.15) is 16.8 Å². The summed E-state index contributed by atoms with van der Waals surface area (Å²) in [5, 5.41) is 3.87. The van der Waals surface area contributed by atoms with Crippen molar-refractivity contribution in [3.63, 3.8) is 0 Å². The number of nitrogens with zero attached hydrogens (tertiary/aromatic N) is 4. The van der Waals surface area contributed by atoms with Crippen LogP contribution in [0.5, 0.6) is 0 Å². The number of aromatic nitrogens is 2. The van der Waals surface area contributed by atoms with E-state index in [0.29, 0.717) is 17.1 Å². The second-order valence-electron chi connectivity index (χ2n) is 5.58. The molecule has 2 heterocycles. The third kappa shape index (κ3) is 3.03. The number of nitrogens with one attached hydrogen (secondary N) is 1. The zero-order valence-electron chi connectivity index (χ0n) is 11.7. The summed E-state index contributed by atoms with van der Waals surface area (Å²) in [4.78, 5) is 15.2. The Morgan fingerprint density at radius 1 is 1.25 bits per heavy atom. The molecule has 0 radical (unpaired) electrons. The smallest absolute Gasteiger partial charge is 0.149 e. The zero-order chi connectivity index (χ0) is 13.9. The summed E-state index contributed by atoms with van der Waals surface area (Å²) >= 11 is 5.85. The quantitative estimate of drug-likeness (QED) is 0.930. The predicted molar refractivity (Wildman–Crippen MR) is 81.3 cm³/mol. The average Bonchev–Trinajstić information content (AvgIpc) is 2.86. The number of aliphatic imine (C=N–C) groups is 1. The van der Waals surface area contributed by atoms with Crippen LogP contribution in [0.1, 0.15) is 25.7 Å². The van der Waals surface area contributed by atoms with Gasteiger partial charge in [-0.25, -0.2) is 4.98 Å². The summed E-state index contributed by atoms with van der Waals surface area (Å²) in [5.74, 6) is 2.72. The lowest BCUT2D eigenvalue weighted by Crippen LogP contribution is -2.35. The fraction of sp³-hybridized carbons (Fsp3) is 0.643. The molecule has 3 rings (SSSR count). The second kappa shape index (κ2) is 5.95. The first-order valence-corrected chi connectivity index (χ1v) is 7.60. The Hall–Kier alpha value is -1.36. The van der Waals surface area contributed by atoms with Crippen LogP contribution < -0.4 is 5.32 Å². The molecule has 0 bridgehead atoms. The minimum atomic E-state index is 0.436. The highest BCUT2D eigenvalue weighted by Crippen LogP contribution is 2.29. The fourth-order valence-electron chi connectivity index (χ4n) is 3.11. The predicted octanol–water partition coefficient (Wildman–Crippen LogP) is 2.44. The van der Waals surface area contributed by atoms with Crippen LogP contribution in [0, 0.1) is 5.92 Å². The minimum absolute atomic E-state index is 0.436. The Kier molecular flexibility index (Phi) is 4.05. The summed E-state index contributed by atoms with van der Waals surface area (Å²) in [6, 6.07) is 0.464. The first-order chi connectivity index (χ1) is 9.72. The van der Waals surface area contributed by atoms with Crippen molar-refractivity contribution in [2.24, 2.45) is 10.9 Å². The van der Waals surface area contributed by atoms with Gasteiger partial charge in [0, 0.05) is 25.6 Å². The number of halogens is 1. The van der Waals surface area contributed by atoms with E-state index in [1.165, 1.54) is 18.7 Å². The van der Waals surface area contributed by atoms with Gasteiger partial charge in [-0.15, -0.1) is 0 Å². The molecule has 1 fully saturated rings. The molecule has 0 saturated heterocycles. The van der Waals surface area contributed by atoms with Gasteiger partial charge in [0.25, 0.3) is 0 Å². The van der Waals surface area contributed by atoms with Crippen LogP contribution in [-0.2, 0) is 0 Å². The Balaban J connectivity index is 1.54. The number of hydrogen-bond donors (Lipinski definition) is 1. The van der Waals surface area contributed by atoms with E-state index in [2.05, 4.69) is 32.2 Å². The van der Waals surface area contributed by atoms with Gasteiger partial charge >= 0.3 is 0 Å². The Bertz CT molecular complexity index is 496. The molecule has 0 aromatic carbocycles. The van der Waals surface area contributed by atoms with Gasteiger partial charge in [-0.2, -0.15) is 0 Å². The van der Waals surface area contributed by atoms with Crippen molar-refractivity contribution in [2.75, 3.05) is 25.5 Å². The maximum Gasteiger partial charge on any atom is 0.149 e. The van der Waals surface area contributed by atoms with Crippen LogP contribution in [-0.4, -0.2) is 46.9 Å². The molecule has 1 aromatic heterocycles. The van der Waals surface area contributed by atoms with Crippen LogP contribution in [0.3, 0.4) is 0 Å². The monoisotopic (exact) mass is 293 g/mol. The minimum Gasteiger partial charge on any atom is -0.366 e. The molecule has 2 aliphatic rings. The molecule has 0 spiro atoms. The van der Waals surface area contributed by atoms with Gasteiger partial charge in [-0.1, -0.05) is 11.6 Å². The molecule has 1 aromatic rings. The maximum absolute atomic E-state index is 5.85. The van der Waals surface area contributed by atoms with Crippen LogP contribution in [0.2, 0.25) is 5.15 Å². The highest BCUT2D eigenvalue weighted by molar-refractivity contribution is 6.29. The van der Waals surface area contributed by atoms with Crippen molar-refractivity contribution in [1.29, 1.82) is 0 Å². The lowest BCUT2D eigenvalue weighted by atomic mass is 9.85. The largest absolute Gasteiger partial charge is 0.366 e.